The van der Waals surface area contributed by atoms with Crippen LogP contribution in [0.5, 0.6) is 0 Å². The molecule has 3 amide bonds. The summed E-state index contributed by atoms with van der Waals surface area (Å²) in [6.45, 7) is 8.90. The van der Waals surface area contributed by atoms with Crippen LogP contribution in [-0.4, -0.2) is 65.0 Å². The topological polar surface area (TPSA) is 174 Å². The SMILES string of the molecule is CC(=O)CCC(NC(=O)C(CCC(=O)NC(CCC(C)=O)C(=O)OCc1ccccc1)NC(=O)OC(C)(C)C)C(C)=O. The normalized spacial score (nSPS) is 13.1. The number of alkyl carbamates (subject to hydrolysis) is 1. The van der Waals surface area contributed by atoms with Crippen molar-refractivity contribution in [3.63, 3.8) is 0 Å². The molecule has 1 rings (SSSR count). The number of carbonyl (C=O) groups is 7. The Labute approximate surface area is 246 Å². The Morgan fingerprint density at radius 3 is 1.79 bits per heavy atom. The van der Waals surface area contributed by atoms with Gasteiger partial charge in [0.1, 0.15) is 35.9 Å². The van der Waals surface area contributed by atoms with Crippen molar-refractivity contribution in [3.8, 4) is 0 Å². The zero-order valence-electron chi connectivity index (χ0n) is 25.2. The predicted octanol–water partition coefficient (Wildman–Crippen LogP) is 2.70. The fourth-order valence-electron chi connectivity index (χ4n) is 3.68. The fourth-order valence-corrected chi connectivity index (χ4v) is 3.68. The van der Waals surface area contributed by atoms with Crippen LogP contribution in [0.3, 0.4) is 0 Å². The van der Waals surface area contributed by atoms with E-state index in [0.717, 1.165) is 5.56 Å². The molecule has 1 aromatic rings. The summed E-state index contributed by atoms with van der Waals surface area (Å²) in [5.74, 6) is -2.79. The van der Waals surface area contributed by atoms with Crippen LogP contribution in [0.15, 0.2) is 30.3 Å². The van der Waals surface area contributed by atoms with Gasteiger partial charge in [0.15, 0.2) is 5.78 Å². The van der Waals surface area contributed by atoms with Crippen LogP contribution >= 0.6 is 0 Å². The standard InChI is InChI=1S/C30H43N3O9/c1-19(34)12-14-23(21(3)36)32-27(38)24(33-29(40)42-30(4,5)6)16-17-26(37)31-25(15-13-20(2)35)28(39)41-18-22-10-8-7-9-11-22/h7-11,23-25H,12-18H2,1-6H3,(H,31,37)(H,32,38)(H,33,40). The Morgan fingerprint density at radius 2 is 1.26 bits per heavy atom. The Bertz CT molecular complexity index is 1110. The zero-order valence-corrected chi connectivity index (χ0v) is 25.2. The van der Waals surface area contributed by atoms with Crippen LogP contribution in [0.4, 0.5) is 4.79 Å². The van der Waals surface area contributed by atoms with E-state index in [1.807, 2.05) is 6.07 Å². The predicted molar refractivity (Wildman–Crippen MR) is 153 cm³/mol. The van der Waals surface area contributed by atoms with Gasteiger partial charge in [0.2, 0.25) is 11.8 Å². The van der Waals surface area contributed by atoms with Gasteiger partial charge in [0.25, 0.3) is 0 Å². The van der Waals surface area contributed by atoms with Gasteiger partial charge in [-0.1, -0.05) is 30.3 Å². The van der Waals surface area contributed by atoms with Crippen molar-refractivity contribution in [1.29, 1.82) is 0 Å². The molecule has 42 heavy (non-hydrogen) atoms. The summed E-state index contributed by atoms with van der Waals surface area (Å²) in [4.78, 5) is 86.1. The van der Waals surface area contributed by atoms with Crippen molar-refractivity contribution in [2.75, 3.05) is 0 Å². The van der Waals surface area contributed by atoms with E-state index in [9.17, 15) is 33.6 Å². The monoisotopic (exact) mass is 589 g/mol. The molecule has 0 aliphatic carbocycles. The molecule has 12 nitrogen and oxygen atoms in total. The highest BCUT2D eigenvalue weighted by atomic mass is 16.6. The molecule has 232 valence electrons. The van der Waals surface area contributed by atoms with E-state index >= 15 is 0 Å². The first-order valence-corrected chi connectivity index (χ1v) is 13.9. The number of Topliss-reactive ketones (excluding diaryl/α,β-unsaturated/α-hetero) is 3. The van der Waals surface area contributed by atoms with E-state index in [-0.39, 0.29) is 62.5 Å². The summed E-state index contributed by atoms with van der Waals surface area (Å²) >= 11 is 0. The number of rotatable bonds is 17. The number of benzene rings is 1. The maximum Gasteiger partial charge on any atom is 0.408 e. The molecule has 0 aliphatic rings. The van der Waals surface area contributed by atoms with Crippen molar-refractivity contribution in [2.24, 2.45) is 0 Å². The molecule has 3 unspecified atom stereocenters. The smallest absolute Gasteiger partial charge is 0.408 e. The molecule has 0 fully saturated rings. The minimum absolute atomic E-state index is 0.0187. The number of hydrogen-bond donors (Lipinski definition) is 3. The molecular formula is C30H43N3O9. The Balaban J connectivity index is 2.95. The lowest BCUT2D eigenvalue weighted by atomic mass is 10.0. The molecule has 0 heterocycles. The van der Waals surface area contributed by atoms with Gasteiger partial charge in [-0.3, -0.25) is 14.4 Å². The molecule has 0 aliphatic heterocycles. The van der Waals surface area contributed by atoms with Crippen LogP contribution in [0, 0.1) is 0 Å². The number of esters is 1. The number of carbonyl (C=O) groups excluding carboxylic acids is 7. The third-order valence-corrected chi connectivity index (χ3v) is 5.89. The van der Waals surface area contributed by atoms with Crippen LogP contribution in [-0.2, 0) is 44.8 Å². The van der Waals surface area contributed by atoms with Crippen molar-refractivity contribution < 1.29 is 43.0 Å². The summed E-state index contributed by atoms with van der Waals surface area (Å²) in [5.41, 5.74) is -0.118. The highest BCUT2D eigenvalue weighted by molar-refractivity contribution is 5.92. The first kappa shape index (κ1) is 35.9. The van der Waals surface area contributed by atoms with Gasteiger partial charge in [-0.15, -0.1) is 0 Å². The van der Waals surface area contributed by atoms with E-state index in [1.165, 1.54) is 20.8 Å². The Morgan fingerprint density at radius 1 is 0.714 bits per heavy atom. The number of nitrogens with one attached hydrogen (secondary N) is 3. The molecule has 0 saturated carbocycles. The first-order valence-electron chi connectivity index (χ1n) is 13.9. The first-order chi connectivity index (χ1) is 19.6. The highest BCUT2D eigenvalue weighted by Crippen LogP contribution is 2.10. The Hall–Kier alpha value is -4.09. The second-order valence-corrected chi connectivity index (χ2v) is 11.1. The van der Waals surface area contributed by atoms with E-state index < -0.39 is 47.6 Å². The zero-order chi connectivity index (χ0) is 31.9. The summed E-state index contributed by atoms with van der Waals surface area (Å²) < 4.78 is 10.6. The fraction of sp³-hybridized carbons (Fsp3) is 0.567. The third kappa shape index (κ3) is 15.6. The summed E-state index contributed by atoms with van der Waals surface area (Å²) in [6, 6.07) is 5.60. The molecule has 12 heteroatoms. The molecule has 3 atom stereocenters. The maximum atomic E-state index is 13.1. The molecule has 0 spiro atoms. The van der Waals surface area contributed by atoms with Gasteiger partial charge < -0.3 is 35.0 Å². The number of hydrogen-bond acceptors (Lipinski definition) is 9. The van der Waals surface area contributed by atoms with E-state index in [1.54, 1.807) is 45.0 Å². The minimum atomic E-state index is -1.27. The molecule has 0 aromatic heterocycles. The lowest BCUT2D eigenvalue weighted by Gasteiger charge is -2.25. The highest BCUT2D eigenvalue weighted by Gasteiger charge is 2.29. The van der Waals surface area contributed by atoms with Crippen LogP contribution in [0.1, 0.15) is 85.6 Å². The van der Waals surface area contributed by atoms with Crippen LogP contribution < -0.4 is 16.0 Å². The average molecular weight is 590 g/mol. The van der Waals surface area contributed by atoms with E-state index in [4.69, 9.17) is 9.47 Å². The van der Waals surface area contributed by atoms with Crippen LogP contribution in [0.2, 0.25) is 0 Å². The van der Waals surface area contributed by atoms with Gasteiger partial charge in [0, 0.05) is 19.3 Å². The largest absolute Gasteiger partial charge is 0.459 e. The number of amides is 3. The molecule has 1 aromatic carbocycles. The van der Waals surface area contributed by atoms with E-state index in [2.05, 4.69) is 16.0 Å². The molecule has 0 radical (unpaired) electrons. The van der Waals surface area contributed by atoms with Gasteiger partial charge in [-0.05, 0) is 66.4 Å². The quantitative estimate of drug-likeness (QED) is 0.231. The molecule has 0 bridgehead atoms. The lowest BCUT2D eigenvalue weighted by Crippen LogP contribution is -2.52. The van der Waals surface area contributed by atoms with Crippen molar-refractivity contribution in [1.82, 2.24) is 16.0 Å². The van der Waals surface area contributed by atoms with Crippen molar-refractivity contribution in [3.05, 3.63) is 35.9 Å². The van der Waals surface area contributed by atoms with E-state index in [0.29, 0.717) is 0 Å². The minimum Gasteiger partial charge on any atom is -0.459 e. The summed E-state index contributed by atoms with van der Waals surface area (Å²) in [5, 5.41) is 7.51. The second kappa shape index (κ2) is 17.7. The second-order valence-electron chi connectivity index (χ2n) is 11.1. The summed E-state index contributed by atoms with van der Waals surface area (Å²) in [6.07, 6.45) is -1.21. The van der Waals surface area contributed by atoms with Gasteiger partial charge in [-0.2, -0.15) is 0 Å². The average Bonchev–Trinajstić information content (AvgIpc) is 2.88. The van der Waals surface area contributed by atoms with Crippen molar-refractivity contribution in [2.45, 2.75) is 110 Å². The Kier molecular flexibility index (Phi) is 15.1. The van der Waals surface area contributed by atoms with Gasteiger partial charge >= 0.3 is 12.1 Å². The van der Waals surface area contributed by atoms with Gasteiger partial charge in [0.05, 0.1) is 6.04 Å². The number of ether oxygens (including phenoxy) is 2. The number of ketones is 3. The molecule has 0 saturated heterocycles. The lowest BCUT2D eigenvalue weighted by molar-refractivity contribution is -0.149. The van der Waals surface area contributed by atoms with Gasteiger partial charge in [-0.25, -0.2) is 9.59 Å². The summed E-state index contributed by atoms with van der Waals surface area (Å²) in [7, 11) is 0. The van der Waals surface area contributed by atoms with Crippen LogP contribution in [0.25, 0.3) is 0 Å². The maximum absolute atomic E-state index is 13.1. The van der Waals surface area contributed by atoms with Crippen molar-refractivity contribution >= 4 is 41.2 Å². The molecule has 3 N–H and O–H groups in total. The molecular weight excluding hydrogens is 546 g/mol. The third-order valence-electron chi connectivity index (χ3n) is 5.89.